The van der Waals surface area contributed by atoms with E-state index in [-0.39, 0.29) is 29.4 Å². The van der Waals surface area contributed by atoms with Crippen molar-refractivity contribution in [1.29, 1.82) is 0 Å². The Bertz CT molecular complexity index is 1360. The molecule has 1 amide bonds. The molecule has 1 aliphatic heterocycles. The molecule has 4 rings (SSSR count). The molecule has 3 aromatic rings. The molecule has 10 heteroatoms. The van der Waals surface area contributed by atoms with E-state index in [4.69, 9.17) is 0 Å². The van der Waals surface area contributed by atoms with Gasteiger partial charge in [0, 0.05) is 25.3 Å². The highest BCUT2D eigenvalue weighted by molar-refractivity contribution is 7.89. The third-order valence-corrected chi connectivity index (χ3v) is 9.45. The highest BCUT2D eigenvalue weighted by Crippen LogP contribution is 2.26. The van der Waals surface area contributed by atoms with Gasteiger partial charge in [0.1, 0.15) is 6.04 Å². The van der Waals surface area contributed by atoms with Gasteiger partial charge in [0.05, 0.1) is 9.79 Å². The van der Waals surface area contributed by atoms with Crippen molar-refractivity contribution in [2.75, 3.05) is 25.0 Å². The molecular formula is C24H25N3O5S2. The van der Waals surface area contributed by atoms with Crippen LogP contribution in [-0.4, -0.2) is 57.0 Å². The number of rotatable bonds is 6. The molecule has 1 aliphatic rings. The zero-order valence-electron chi connectivity index (χ0n) is 18.5. The average molecular weight is 500 g/mol. The molecule has 34 heavy (non-hydrogen) atoms. The van der Waals surface area contributed by atoms with Crippen LogP contribution in [0.5, 0.6) is 0 Å². The Morgan fingerprint density at radius 1 is 0.765 bits per heavy atom. The highest BCUT2D eigenvalue weighted by atomic mass is 32.2. The largest absolute Gasteiger partial charge is 0.325 e. The number of hydrogen-bond donors (Lipinski definition) is 1. The number of piperazine rings is 1. The van der Waals surface area contributed by atoms with E-state index in [1.54, 1.807) is 48.5 Å². The molecule has 1 atom stereocenters. The van der Waals surface area contributed by atoms with Crippen LogP contribution in [0.1, 0.15) is 5.56 Å². The Labute approximate surface area is 199 Å². The fourth-order valence-corrected chi connectivity index (χ4v) is 6.84. The van der Waals surface area contributed by atoms with E-state index in [0.717, 1.165) is 9.87 Å². The normalized spacial score (nSPS) is 17.9. The van der Waals surface area contributed by atoms with Crippen molar-refractivity contribution in [3.8, 4) is 0 Å². The average Bonchev–Trinajstić information content (AvgIpc) is 2.86. The molecule has 178 valence electrons. The van der Waals surface area contributed by atoms with Crippen LogP contribution in [0.25, 0.3) is 0 Å². The van der Waals surface area contributed by atoms with Crippen LogP contribution in [0.3, 0.4) is 0 Å². The van der Waals surface area contributed by atoms with E-state index in [0.29, 0.717) is 5.69 Å². The standard InChI is InChI=1S/C24H25N3O5S2/c1-19-12-14-20(15-13-19)25-24(28)23-18-26(33(29,30)21-8-4-2-5-9-21)16-17-27(23)34(31,32)22-10-6-3-7-11-22/h2-15,23H,16-18H2,1H3,(H,25,28). The van der Waals surface area contributed by atoms with Crippen LogP contribution < -0.4 is 5.32 Å². The van der Waals surface area contributed by atoms with Gasteiger partial charge < -0.3 is 5.32 Å². The summed E-state index contributed by atoms with van der Waals surface area (Å²) in [7, 11) is -7.95. The quantitative estimate of drug-likeness (QED) is 0.562. The van der Waals surface area contributed by atoms with Crippen LogP contribution in [0.2, 0.25) is 0 Å². The minimum absolute atomic E-state index is 0.0440. The Balaban J connectivity index is 1.68. The number of amides is 1. The van der Waals surface area contributed by atoms with E-state index in [2.05, 4.69) is 5.32 Å². The lowest BCUT2D eigenvalue weighted by atomic mass is 10.2. The molecule has 8 nitrogen and oxygen atoms in total. The summed E-state index contributed by atoms with van der Waals surface area (Å²) in [5.41, 5.74) is 1.50. The summed E-state index contributed by atoms with van der Waals surface area (Å²) < 4.78 is 55.5. The van der Waals surface area contributed by atoms with Gasteiger partial charge in [-0.3, -0.25) is 4.79 Å². The summed E-state index contributed by atoms with van der Waals surface area (Å²) in [5.74, 6) is -0.601. The molecule has 0 bridgehead atoms. The van der Waals surface area contributed by atoms with Crippen LogP contribution in [0, 0.1) is 6.92 Å². The highest BCUT2D eigenvalue weighted by Gasteiger charge is 2.43. The first-order chi connectivity index (χ1) is 16.2. The number of nitrogens with zero attached hydrogens (tertiary/aromatic N) is 2. The first kappa shape index (κ1) is 24.1. The summed E-state index contributed by atoms with van der Waals surface area (Å²) in [4.78, 5) is 13.4. The molecule has 0 aromatic heterocycles. The van der Waals surface area contributed by atoms with E-state index in [1.165, 1.54) is 28.6 Å². The molecule has 0 spiro atoms. The van der Waals surface area contributed by atoms with E-state index in [1.807, 2.05) is 19.1 Å². The van der Waals surface area contributed by atoms with Crippen LogP contribution in [0.4, 0.5) is 5.69 Å². The summed E-state index contributed by atoms with van der Waals surface area (Å²) in [6.45, 7) is 1.38. The van der Waals surface area contributed by atoms with Crippen molar-refractivity contribution in [3.63, 3.8) is 0 Å². The number of sulfonamides is 2. The molecule has 3 aromatic carbocycles. The van der Waals surface area contributed by atoms with Crippen molar-refractivity contribution < 1.29 is 21.6 Å². The predicted octanol–water partition coefficient (Wildman–Crippen LogP) is 2.70. The third-order valence-electron chi connectivity index (χ3n) is 5.65. The molecule has 1 unspecified atom stereocenters. The Morgan fingerprint density at radius 2 is 1.29 bits per heavy atom. The lowest BCUT2D eigenvalue weighted by Crippen LogP contribution is -2.60. The maximum atomic E-state index is 13.4. The van der Waals surface area contributed by atoms with Crippen LogP contribution in [0.15, 0.2) is 94.7 Å². The van der Waals surface area contributed by atoms with Gasteiger partial charge in [-0.05, 0) is 43.3 Å². The van der Waals surface area contributed by atoms with Gasteiger partial charge in [-0.15, -0.1) is 0 Å². The van der Waals surface area contributed by atoms with Gasteiger partial charge in [-0.2, -0.15) is 8.61 Å². The number of carbonyl (C=O) groups excluding carboxylic acids is 1. The van der Waals surface area contributed by atoms with Gasteiger partial charge in [-0.1, -0.05) is 54.1 Å². The lowest BCUT2D eigenvalue weighted by Gasteiger charge is -2.38. The summed E-state index contributed by atoms with van der Waals surface area (Å²) in [6, 6.07) is 21.5. The third kappa shape index (κ3) is 4.90. The van der Waals surface area contributed by atoms with Crippen molar-refractivity contribution in [2.45, 2.75) is 22.8 Å². The predicted molar refractivity (Wildman–Crippen MR) is 129 cm³/mol. The first-order valence-electron chi connectivity index (χ1n) is 10.7. The SMILES string of the molecule is Cc1ccc(NC(=O)C2CN(S(=O)(=O)c3ccccc3)CCN2S(=O)(=O)c2ccccc2)cc1. The zero-order chi connectivity index (χ0) is 24.3. The van der Waals surface area contributed by atoms with Crippen LogP contribution in [-0.2, 0) is 24.8 Å². The fourth-order valence-electron chi connectivity index (χ4n) is 3.79. The molecule has 1 N–H and O–H groups in total. The Hall–Kier alpha value is -3.05. The molecule has 0 aliphatic carbocycles. The van der Waals surface area contributed by atoms with Gasteiger partial charge in [0.2, 0.25) is 26.0 Å². The van der Waals surface area contributed by atoms with Gasteiger partial charge in [-0.25, -0.2) is 16.8 Å². The van der Waals surface area contributed by atoms with E-state index < -0.39 is 32.0 Å². The minimum atomic E-state index is -4.04. The molecule has 0 radical (unpaired) electrons. The number of aryl methyl sites for hydroxylation is 1. The molecule has 1 heterocycles. The number of anilines is 1. The molecule has 0 saturated carbocycles. The first-order valence-corrected chi connectivity index (χ1v) is 13.6. The second-order valence-corrected chi connectivity index (χ2v) is 11.8. The summed E-state index contributed by atoms with van der Waals surface area (Å²) in [5, 5.41) is 2.74. The van der Waals surface area contributed by atoms with Crippen molar-refractivity contribution >= 4 is 31.6 Å². The van der Waals surface area contributed by atoms with E-state index in [9.17, 15) is 21.6 Å². The number of nitrogens with one attached hydrogen (secondary N) is 1. The number of carbonyl (C=O) groups is 1. The number of benzene rings is 3. The lowest BCUT2D eigenvalue weighted by molar-refractivity contribution is -0.120. The van der Waals surface area contributed by atoms with Crippen molar-refractivity contribution in [2.24, 2.45) is 0 Å². The molecule has 1 fully saturated rings. The molecule has 1 saturated heterocycles. The fraction of sp³-hybridized carbons (Fsp3) is 0.208. The van der Waals surface area contributed by atoms with E-state index >= 15 is 0 Å². The maximum Gasteiger partial charge on any atom is 0.244 e. The Kier molecular flexibility index (Phi) is 6.85. The van der Waals surface area contributed by atoms with Gasteiger partial charge in [0.25, 0.3) is 0 Å². The van der Waals surface area contributed by atoms with Crippen molar-refractivity contribution in [1.82, 2.24) is 8.61 Å². The molecular weight excluding hydrogens is 474 g/mol. The van der Waals surface area contributed by atoms with Gasteiger partial charge in [0.15, 0.2) is 0 Å². The monoisotopic (exact) mass is 499 g/mol. The summed E-state index contributed by atoms with van der Waals surface area (Å²) >= 11 is 0. The minimum Gasteiger partial charge on any atom is -0.325 e. The van der Waals surface area contributed by atoms with Crippen molar-refractivity contribution in [3.05, 3.63) is 90.5 Å². The number of hydrogen-bond acceptors (Lipinski definition) is 5. The van der Waals surface area contributed by atoms with Gasteiger partial charge >= 0.3 is 0 Å². The maximum absolute atomic E-state index is 13.4. The Morgan fingerprint density at radius 3 is 1.85 bits per heavy atom. The smallest absolute Gasteiger partial charge is 0.244 e. The zero-order valence-corrected chi connectivity index (χ0v) is 20.2. The summed E-state index contributed by atoms with van der Waals surface area (Å²) in [6.07, 6.45) is 0. The second-order valence-electron chi connectivity index (χ2n) is 7.98. The second kappa shape index (κ2) is 9.67. The topological polar surface area (TPSA) is 104 Å². The van der Waals surface area contributed by atoms with Crippen LogP contribution >= 0.6 is 0 Å².